The molecule has 0 spiro atoms. The van der Waals surface area contributed by atoms with Crippen LogP contribution >= 0.6 is 0 Å². The summed E-state index contributed by atoms with van der Waals surface area (Å²) >= 11 is 0. The summed E-state index contributed by atoms with van der Waals surface area (Å²) in [5.41, 5.74) is 10.7. The zero-order chi connectivity index (χ0) is 43.1. The Morgan fingerprint density at radius 1 is 1.05 bits per heavy atom. The highest BCUT2D eigenvalue weighted by atomic mass is 16.6. The van der Waals surface area contributed by atoms with Crippen LogP contribution in [-0.2, 0) is 38.4 Å². The Kier molecular flexibility index (Phi) is 12.2. The van der Waals surface area contributed by atoms with E-state index in [2.05, 4.69) is 91.0 Å². The minimum absolute atomic E-state index is 0.0425. The molecule has 2 saturated heterocycles. The number of hydrogen-bond acceptors (Lipinski definition) is 10. The normalized spacial score (nSPS) is 20.6. The van der Waals surface area contributed by atoms with Crippen molar-refractivity contribution in [1.82, 2.24) is 30.2 Å². The van der Waals surface area contributed by atoms with Crippen molar-refractivity contribution in [2.75, 3.05) is 51.3 Å². The first kappa shape index (κ1) is 43.0. The first-order chi connectivity index (χ1) is 28.4. The monoisotopic (exact) mass is 821 g/mol. The van der Waals surface area contributed by atoms with Crippen molar-refractivity contribution in [3.8, 4) is 28.1 Å². The number of anilines is 1. The first-order valence-electron chi connectivity index (χ1n) is 21.6. The molecule has 0 saturated carbocycles. The molecule has 2 aromatic carbocycles. The minimum Gasteiger partial charge on any atom is -0.508 e. The number of amides is 2. The van der Waals surface area contributed by atoms with E-state index in [0.29, 0.717) is 31.4 Å². The molecule has 60 heavy (non-hydrogen) atoms. The van der Waals surface area contributed by atoms with E-state index in [9.17, 15) is 19.5 Å². The Hall–Kier alpha value is -5.14. The van der Waals surface area contributed by atoms with Crippen molar-refractivity contribution in [1.29, 1.82) is 0 Å². The van der Waals surface area contributed by atoms with Gasteiger partial charge in [0, 0.05) is 67.6 Å². The number of carbonyl (C=O) groups is 3. The summed E-state index contributed by atoms with van der Waals surface area (Å²) in [6.07, 6.45) is 3.02. The maximum atomic E-state index is 14.2. The molecule has 3 aliphatic heterocycles. The molecule has 5 heterocycles. The number of phenolic OH excluding ortho intramolecular Hbond substituents is 1. The van der Waals surface area contributed by atoms with Gasteiger partial charge in [-0.25, -0.2) is 10.2 Å². The summed E-state index contributed by atoms with van der Waals surface area (Å²) in [5.74, 6) is -0.646. The van der Waals surface area contributed by atoms with Crippen molar-refractivity contribution in [2.45, 2.75) is 111 Å². The number of cyclic esters (lactones) is 1. The topological polar surface area (TPSA) is 142 Å². The number of aryl methyl sites for hydroxylation is 1. The third-order valence-electron chi connectivity index (χ3n) is 11.8. The maximum absolute atomic E-state index is 14.2. The van der Waals surface area contributed by atoms with Gasteiger partial charge >= 0.3 is 12.1 Å². The number of esters is 1. The summed E-state index contributed by atoms with van der Waals surface area (Å²) in [6.45, 7) is 21.1. The zero-order valence-corrected chi connectivity index (χ0v) is 36.9. The lowest BCUT2D eigenvalue weighted by atomic mass is 9.83. The first-order valence-corrected chi connectivity index (χ1v) is 21.6. The summed E-state index contributed by atoms with van der Waals surface area (Å²) in [7, 11) is 2.16. The predicted octanol–water partition coefficient (Wildman–Crippen LogP) is 7.03. The predicted molar refractivity (Wildman–Crippen MR) is 235 cm³/mol. The van der Waals surface area contributed by atoms with E-state index in [1.807, 2.05) is 12.3 Å². The molecule has 6 bridgehead atoms. The molecule has 3 aliphatic rings. The second kappa shape index (κ2) is 17.1. The molecule has 7 rings (SSSR count). The third-order valence-corrected chi connectivity index (χ3v) is 11.8. The molecule has 2 amide bonds. The van der Waals surface area contributed by atoms with Crippen molar-refractivity contribution < 1.29 is 29.0 Å². The summed E-state index contributed by atoms with van der Waals surface area (Å²) in [6, 6.07) is 12.3. The number of aromatic nitrogens is 2. The Labute approximate surface area is 354 Å². The van der Waals surface area contributed by atoms with E-state index in [1.54, 1.807) is 32.9 Å². The average Bonchev–Trinajstić information content (AvgIpc) is 3.49. The Morgan fingerprint density at radius 2 is 1.80 bits per heavy atom. The number of piperazine rings is 1. The second-order valence-corrected chi connectivity index (χ2v) is 18.9. The molecule has 13 heteroatoms. The van der Waals surface area contributed by atoms with Gasteiger partial charge in [-0.1, -0.05) is 39.8 Å². The van der Waals surface area contributed by atoms with E-state index in [0.717, 1.165) is 83.0 Å². The van der Waals surface area contributed by atoms with Gasteiger partial charge in [0.05, 0.1) is 29.9 Å². The van der Waals surface area contributed by atoms with Gasteiger partial charge in [0.25, 0.3) is 5.91 Å². The fourth-order valence-corrected chi connectivity index (χ4v) is 8.81. The Bertz CT molecular complexity index is 2250. The number of nitrogens with one attached hydrogen (secondary N) is 2. The zero-order valence-electron chi connectivity index (χ0n) is 36.9. The van der Waals surface area contributed by atoms with Crippen LogP contribution in [0.5, 0.6) is 5.75 Å². The van der Waals surface area contributed by atoms with Crippen molar-refractivity contribution in [2.24, 2.45) is 5.41 Å². The third kappa shape index (κ3) is 9.42. The number of fused-ring (bicyclic) bond motifs is 6. The summed E-state index contributed by atoms with van der Waals surface area (Å²) in [4.78, 5) is 51.1. The lowest BCUT2D eigenvalue weighted by Gasteiger charge is -2.35. The number of rotatable bonds is 5. The Balaban J connectivity index is 1.40. The van der Waals surface area contributed by atoms with Crippen LogP contribution in [0, 0.1) is 5.41 Å². The SMILES string of the molecule is CCn1c(-c2cc(N3CCN(C)CC3)cnc2C(C)C)c2c3cc(ccc31)-c1cc(O)cc(c1)C[C@H](NC(=O)OC(C)(C)C)C(=O)N1CCC[C@H](N1)C(=O)OCC(C)(C)C2. The molecule has 2 fully saturated rings. The van der Waals surface area contributed by atoms with E-state index < -0.39 is 41.1 Å². The van der Waals surface area contributed by atoms with Gasteiger partial charge in [-0.15, -0.1) is 0 Å². The highest BCUT2D eigenvalue weighted by Crippen LogP contribution is 2.43. The molecule has 4 aromatic rings. The van der Waals surface area contributed by atoms with Crippen LogP contribution in [0.4, 0.5) is 10.5 Å². The van der Waals surface area contributed by atoms with Gasteiger partial charge in [-0.05, 0) is 113 Å². The molecule has 0 aliphatic carbocycles. The lowest BCUT2D eigenvalue weighted by molar-refractivity contribution is -0.155. The minimum atomic E-state index is -1.06. The number of alkyl carbamates (subject to hydrolysis) is 1. The van der Waals surface area contributed by atoms with E-state index in [4.69, 9.17) is 14.5 Å². The molecule has 322 valence electrons. The number of carbonyl (C=O) groups excluding carboxylic acids is 3. The molecule has 3 N–H and O–H groups in total. The van der Waals surface area contributed by atoms with Crippen molar-refractivity contribution in [3.05, 3.63) is 65.5 Å². The van der Waals surface area contributed by atoms with Gasteiger partial charge in [0.15, 0.2) is 0 Å². The van der Waals surface area contributed by atoms with Gasteiger partial charge in [0.1, 0.15) is 23.4 Å². The molecule has 2 aromatic heterocycles. The van der Waals surface area contributed by atoms with Crippen LogP contribution in [0.2, 0.25) is 0 Å². The van der Waals surface area contributed by atoms with E-state index in [1.165, 1.54) is 5.01 Å². The number of ether oxygens (including phenoxy) is 2. The van der Waals surface area contributed by atoms with Crippen LogP contribution in [0.1, 0.15) is 91.0 Å². The number of benzene rings is 2. The number of likely N-dealkylation sites (N-methyl/N-ethyl adjacent to an activating group) is 1. The fourth-order valence-electron chi connectivity index (χ4n) is 8.81. The highest BCUT2D eigenvalue weighted by molar-refractivity contribution is 5.96. The van der Waals surface area contributed by atoms with Crippen LogP contribution in [-0.4, -0.2) is 107 Å². The number of pyridine rings is 1. The Morgan fingerprint density at radius 3 is 2.50 bits per heavy atom. The molecular weight excluding hydrogens is 759 g/mol. The quantitative estimate of drug-likeness (QED) is 0.180. The summed E-state index contributed by atoms with van der Waals surface area (Å²) < 4.78 is 14.1. The second-order valence-electron chi connectivity index (χ2n) is 18.9. The number of aromatic hydroxyl groups is 1. The van der Waals surface area contributed by atoms with Crippen molar-refractivity contribution >= 4 is 34.6 Å². The number of phenols is 1. The van der Waals surface area contributed by atoms with Gasteiger partial charge < -0.3 is 34.3 Å². The highest BCUT2D eigenvalue weighted by Gasteiger charge is 2.36. The number of hydrogen-bond donors (Lipinski definition) is 3. The number of nitrogens with zero attached hydrogens (tertiary/aromatic N) is 5. The van der Waals surface area contributed by atoms with Crippen LogP contribution in [0.15, 0.2) is 48.7 Å². The molecule has 2 atom stereocenters. The average molecular weight is 822 g/mol. The maximum Gasteiger partial charge on any atom is 0.408 e. The van der Waals surface area contributed by atoms with E-state index >= 15 is 0 Å². The fraction of sp³-hybridized carbons (Fsp3) is 0.532. The number of hydrazine groups is 1. The smallest absolute Gasteiger partial charge is 0.408 e. The molecule has 0 unspecified atom stereocenters. The van der Waals surface area contributed by atoms with Gasteiger partial charge in [-0.2, -0.15) is 0 Å². The standard InChI is InChI=1S/C47H63N7O6/c1-10-53-40-14-13-31-24-35(40)37(42(53)36-25-33(27-48-41(36)29(2)3)52-18-16-51(9)17-19-52)26-47(7,8)28-59-44(57)38-12-11-15-54(50-38)43(56)39(49-45(58)60-46(4,5)6)22-30-20-32(31)23-34(55)21-30/h13-14,20-21,23-25,27,29,38-39,50,55H,10-12,15-19,22,26,28H2,1-9H3,(H,49,58)/t38-,39-/m0/s1. The van der Waals surface area contributed by atoms with Crippen LogP contribution in [0.25, 0.3) is 33.3 Å². The van der Waals surface area contributed by atoms with Crippen LogP contribution in [0.3, 0.4) is 0 Å². The lowest BCUT2D eigenvalue weighted by Crippen LogP contribution is -2.60. The largest absolute Gasteiger partial charge is 0.508 e. The van der Waals surface area contributed by atoms with E-state index in [-0.39, 0.29) is 24.7 Å². The van der Waals surface area contributed by atoms with Gasteiger partial charge in [0.2, 0.25) is 0 Å². The van der Waals surface area contributed by atoms with Crippen molar-refractivity contribution in [3.63, 3.8) is 0 Å². The molecular formula is C47H63N7O6. The van der Waals surface area contributed by atoms with Gasteiger partial charge in [-0.3, -0.25) is 19.6 Å². The molecule has 13 nitrogen and oxygen atoms in total. The summed E-state index contributed by atoms with van der Waals surface area (Å²) in [5, 5.41) is 16.5. The van der Waals surface area contributed by atoms with Crippen LogP contribution < -0.4 is 15.6 Å². The molecule has 0 radical (unpaired) electrons.